The summed E-state index contributed by atoms with van der Waals surface area (Å²) >= 11 is 1.57. The molecule has 3 N–H and O–H groups in total. The molecule has 0 radical (unpaired) electrons. The highest BCUT2D eigenvalue weighted by Crippen LogP contribution is 2.16. The lowest BCUT2D eigenvalue weighted by molar-refractivity contribution is -0.113. The van der Waals surface area contributed by atoms with Gasteiger partial charge in [0.25, 0.3) is 0 Å². The van der Waals surface area contributed by atoms with Crippen molar-refractivity contribution in [2.45, 2.75) is 12.7 Å². The van der Waals surface area contributed by atoms with Crippen molar-refractivity contribution in [3.63, 3.8) is 0 Å². The lowest BCUT2D eigenvalue weighted by Gasteiger charge is -2.07. The van der Waals surface area contributed by atoms with E-state index >= 15 is 0 Å². The lowest BCUT2D eigenvalue weighted by Crippen LogP contribution is -2.15. The molecule has 114 valence electrons. The van der Waals surface area contributed by atoms with Crippen LogP contribution in [0, 0.1) is 6.92 Å². The Morgan fingerprint density at radius 1 is 1.09 bits per heavy atom. The zero-order chi connectivity index (χ0) is 15.9. The molecule has 2 amide bonds. The van der Waals surface area contributed by atoms with Gasteiger partial charge in [-0.15, -0.1) is 11.8 Å². The van der Waals surface area contributed by atoms with E-state index in [0.717, 1.165) is 5.75 Å². The Bertz CT molecular complexity index is 669. The van der Waals surface area contributed by atoms with Crippen molar-refractivity contribution < 1.29 is 9.59 Å². The molecule has 0 aromatic heterocycles. The SMILES string of the molecule is Cc1ccccc1CSCC(=O)Nc1ccc(C(N)=O)cc1. The number of hydrogen-bond donors (Lipinski definition) is 2. The summed E-state index contributed by atoms with van der Waals surface area (Å²) in [6, 6.07) is 14.7. The van der Waals surface area contributed by atoms with Crippen molar-refractivity contribution >= 4 is 29.3 Å². The second kappa shape index (κ2) is 7.66. The zero-order valence-corrected chi connectivity index (χ0v) is 13.2. The van der Waals surface area contributed by atoms with Gasteiger partial charge in [0.1, 0.15) is 0 Å². The molecule has 0 aliphatic carbocycles. The first kappa shape index (κ1) is 16.1. The van der Waals surface area contributed by atoms with Gasteiger partial charge in [0.05, 0.1) is 5.75 Å². The number of anilines is 1. The van der Waals surface area contributed by atoms with Crippen LogP contribution in [0.25, 0.3) is 0 Å². The van der Waals surface area contributed by atoms with E-state index in [2.05, 4.69) is 24.4 Å². The van der Waals surface area contributed by atoms with Crippen molar-refractivity contribution in [3.8, 4) is 0 Å². The third-order valence-corrected chi connectivity index (χ3v) is 4.19. The van der Waals surface area contributed by atoms with Crippen molar-refractivity contribution in [1.29, 1.82) is 0 Å². The summed E-state index contributed by atoms with van der Waals surface area (Å²) in [6.45, 7) is 2.07. The van der Waals surface area contributed by atoms with Crippen LogP contribution in [0.15, 0.2) is 48.5 Å². The Labute approximate surface area is 134 Å². The Balaban J connectivity index is 1.80. The van der Waals surface area contributed by atoms with E-state index in [-0.39, 0.29) is 5.91 Å². The van der Waals surface area contributed by atoms with E-state index in [1.807, 2.05) is 12.1 Å². The molecular weight excluding hydrogens is 296 g/mol. The van der Waals surface area contributed by atoms with Gasteiger partial charge in [-0.05, 0) is 42.3 Å². The molecule has 0 saturated heterocycles. The number of thioether (sulfide) groups is 1. The maximum absolute atomic E-state index is 11.9. The van der Waals surface area contributed by atoms with E-state index in [0.29, 0.717) is 17.0 Å². The molecule has 2 rings (SSSR count). The number of carbonyl (C=O) groups excluding carboxylic acids is 2. The highest BCUT2D eigenvalue weighted by atomic mass is 32.2. The molecule has 0 spiro atoms. The van der Waals surface area contributed by atoms with Crippen LogP contribution >= 0.6 is 11.8 Å². The molecule has 0 atom stereocenters. The van der Waals surface area contributed by atoms with Crippen LogP contribution in [-0.4, -0.2) is 17.6 Å². The van der Waals surface area contributed by atoms with E-state index in [1.54, 1.807) is 36.0 Å². The number of benzene rings is 2. The monoisotopic (exact) mass is 314 g/mol. The van der Waals surface area contributed by atoms with Crippen LogP contribution in [0.5, 0.6) is 0 Å². The maximum atomic E-state index is 11.9. The summed E-state index contributed by atoms with van der Waals surface area (Å²) in [5, 5.41) is 2.80. The summed E-state index contributed by atoms with van der Waals surface area (Å²) in [5.41, 5.74) is 8.73. The van der Waals surface area contributed by atoms with E-state index in [4.69, 9.17) is 5.73 Å². The van der Waals surface area contributed by atoms with Gasteiger partial charge in [-0.3, -0.25) is 9.59 Å². The first-order valence-electron chi connectivity index (χ1n) is 6.88. The van der Waals surface area contributed by atoms with Crippen LogP contribution in [-0.2, 0) is 10.5 Å². The maximum Gasteiger partial charge on any atom is 0.248 e. The molecule has 0 unspecified atom stereocenters. The number of rotatable bonds is 6. The zero-order valence-electron chi connectivity index (χ0n) is 12.3. The van der Waals surface area contributed by atoms with Gasteiger partial charge >= 0.3 is 0 Å². The molecule has 0 aliphatic rings. The van der Waals surface area contributed by atoms with Crippen molar-refractivity contribution in [3.05, 3.63) is 65.2 Å². The number of primary amides is 1. The summed E-state index contributed by atoms with van der Waals surface area (Å²) in [4.78, 5) is 22.9. The summed E-state index contributed by atoms with van der Waals surface area (Å²) < 4.78 is 0. The predicted molar refractivity (Wildman–Crippen MR) is 90.9 cm³/mol. The highest BCUT2D eigenvalue weighted by molar-refractivity contribution is 7.99. The summed E-state index contributed by atoms with van der Waals surface area (Å²) in [6.07, 6.45) is 0. The quantitative estimate of drug-likeness (QED) is 0.861. The minimum absolute atomic E-state index is 0.0644. The molecule has 2 aromatic rings. The van der Waals surface area contributed by atoms with E-state index in [9.17, 15) is 9.59 Å². The number of nitrogens with two attached hydrogens (primary N) is 1. The molecule has 0 saturated carbocycles. The van der Waals surface area contributed by atoms with Crippen LogP contribution in [0.1, 0.15) is 21.5 Å². The number of nitrogens with one attached hydrogen (secondary N) is 1. The van der Waals surface area contributed by atoms with Gasteiger partial charge in [-0.2, -0.15) is 0 Å². The fraction of sp³-hybridized carbons (Fsp3) is 0.176. The lowest BCUT2D eigenvalue weighted by atomic mass is 10.1. The molecule has 0 bridgehead atoms. The van der Waals surface area contributed by atoms with E-state index < -0.39 is 5.91 Å². The number of amides is 2. The average Bonchev–Trinajstić information content (AvgIpc) is 2.50. The fourth-order valence-corrected chi connectivity index (χ4v) is 2.84. The van der Waals surface area contributed by atoms with Gasteiger partial charge in [-0.1, -0.05) is 24.3 Å². The third-order valence-electron chi connectivity index (χ3n) is 3.21. The first-order chi connectivity index (χ1) is 10.6. The van der Waals surface area contributed by atoms with E-state index in [1.165, 1.54) is 11.1 Å². The molecule has 0 aliphatic heterocycles. The topological polar surface area (TPSA) is 72.2 Å². The van der Waals surface area contributed by atoms with Gasteiger partial charge in [0.2, 0.25) is 11.8 Å². The van der Waals surface area contributed by atoms with Crippen LogP contribution in [0.2, 0.25) is 0 Å². The largest absolute Gasteiger partial charge is 0.366 e. The molecule has 5 heteroatoms. The summed E-state index contributed by atoms with van der Waals surface area (Å²) in [5.74, 6) is 0.643. The predicted octanol–water partition coefficient (Wildman–Crippen LogP) is 2.97. The Morgan fingerprint density at radius 2 is 1.77 bits per heavy atom. The highest BCUT2D eigenvalue weighted by Gasteiger charge is 2.05. The van der Waals surface area contributed by atoms with Crippen LogP contribution in [0.4, 0.5) is 5.69 Å². The van der Waals surface area contributed by atoms with Gasteiger partial charge < -0.3 is 11.1 Å². The number of carbonyl (C=O) groups is 2. The molecule has 22 heavy (non-hydrogen) atoms. The molecule has 0 fully saturated rings. The second-order valence-corrected chi connectivity index (χ2v) is 5.89. The van der Waals surface area contributed by atoms with Crippen molar-refractivity contribution in [1.82, 2.24) is 0 Å². The average molecular weight is 314 g/mol. The Morgan fingerprint density at radius 3 is 2.41 bits per heavy atom. The fourth-order valence-electron chi connectivity index (χ4n) is 1.94. The Kier molecular flexibility index (Phi) is 5.61. The minimum atomic E-state index is -0.480. The Hall–Kier alpha value is -2.27. The van der Waals surface area contributed by atoms with Crippen molar-refractivity contribution in [2.75, 3.05) is 11.1 Å². The normalized spacial score (nSPS) is 10.2. The second-order valence-electron chi connectivity index (χ2n) is 4.91. The molecular formula is C17H18N2O2S. The molecule has 2 aromatic carbocycles. The van der Waals surface area contributed by atoms with Crippen molar-refractivity contribution in [2.24, 2.45) is 5.73 Å². The smallest absolute Gasteiger partial charge is 0.248 e. The van der Waals surface area contributed by atoms with Crippen LogP contribution in [0.3, 0.4) is 0 Å². The van der Waals surface area contributed by atoms with Crippen LogP contribution < -0.4 is 11.1 Å². The van der Waals surface area contributed by atoms with Gasteiger partial charge in [0.15, 0.2) is 0 Å². The number of aryl methyl sites for hydroxylation is 1. The molecule has 4 nitrogen and oxygen atoms in total. The van der Waals surface area contributed by atoms with Gasteiger partial charge in [0, 0.05) is 17.0 Å². The first-order valence-corrected chi connectivity index (χ1v) is 8.03. The number of hydrogen-bond acceptors (Lipinski definition) is 3. The molecule has 0 heterocycles. The third kappa shape index (κ3) is 4.63. The minimum Gasteiger partial charge on any atom is -0.366 e. The van der Waals surface area contributed by atoms with Gasteiger partial charge in [-0.25, -0.2) is 0 Å². The summed E-state index contributed by atoms with van der Waals surface area (Å²) in [7, 11) is 0. The standard InChI is InChI=1S/C17H18N2O2S/c1-12-4-2-3-5-14(12)10-22-11-16(20)19-15-8-6-13(7-9-15)17(18)21/h2-9H,10-11H2,1H3,(H2,18,21)(H,19,20).